The van der Waals surface area contributed by atoms with E-state index in [1.165, 1.54) is 32.0 Å². The molecule has 47 heavy (non-hydrogen) atoms. The van der Waals surface area contributed by atoms with Crippen molar-refractivity contribution in [1.29, 1.82) is 0 Å². The average molecular weight is 687 g/mol. The summed E-state index contributed by atoms with van der Waals surface area (Å²) in [4.78, 5) is 43.4. The molecular weight excluding hydrogens is 652 g/mol. The van der Waals surface area contributed by atoms with Gasteiger partial charge >= 0.3 is 12.6 Å². The SMILES string of the molecule is CC(C)OC(=O)C(C)NC(=O)C(NC(=O)c1nc(-c2ccc(OC(F)F)c(OCC3CC3)c2)oc1C(C)N)c1ccc(F)cc1F.Cl. The number of halogens is 5. The van der Waals surface area contributed by atoms with Crippen LogP contribution < -0.4 is 25.8 Å². The van der Waals surface area contributed by atoms with Gasteiger partial charge in [-0.25, -0.2) is 18.6 Å². The number of nitrogens with two attached hydrogens (primary N) is 1. The predicted molar refractivity (Wildman–Crippen MR) is 162 cm³/mol. The monoisotopic (exact) mass is 686 g/mol. The minimum absolute atomic E-state index is 0. The fourth-order valence-corrected chi connectivity index (χ4v) is 4.28. The fourth-order valence-electron chi connectivity index (χ4n) is 4.28. The molecule has 0 spiro atoms. The number of amides is 2. The molecule has 1 aliphatic rings. The minimum atomic E-state index is -3.10. The number of hydrogen-bond donors (Lipinski definition) is 3. The molecule has 0 radical (unpaired) electrons. The molecule has 2 amide bonds. The molecule has 2 aromatic carbocycles. The number of nitrogens with zero attached hydrogens (tertiary/aromatic N) is 1. The number of benzene rings is 2. The van der Waals surface area contributed by atoms with E-state index in [1.807, 2.05) is 0 Å². The van der Waals surface area contributed by atoms with Crippen molar-refractivity contribution in [3.8, 4) is 23.0 Å². The van der Waals surface area contributed by atoms with Crippen LogP contribution in [-0.2, 0) is 14.3 Å². The third-order valence-electron chi connectivity index (χ3n) is 6.74. The molecule has 1 aromatic heterocycles. The number of oxazole rings is 1. The zero-order valence-corrected chi connectivity index (χ0v) is 26.7. The van der Waals surface area contributed by atoms with Gasteiger partial charge in [0.2, 0.25) is 11.8 Å². The molecule has 1 heterocycles. The lowest BCUT2D eigenvalue weighted by Gasteiger charge is -2.22. The zero-order chi connectivity index (χ0) is 33.7. The smallest absolute Gasteiger partial charge is 0.387 e. The Morgan fingerprint density at radius 3 is 2.32 bits per heavy atom. The van der Waals surface area contributed by atoms with Gasteiger partial charge in [-0.1, -0.05) is 6.07 Å². The number of esters is 1. The first kappa shape index (κ1) is 37.1. The molecule has 4 rings (SSSR count). The Labute approximate surface area is 273 Å². The minimum Gasteiger partial charge on any atom is -0.489 e. The summed E-state index contributed by atoms with van der Waals surface area (Å²) in [6.07, 6.45) is 1.41. The first-order valence-electron chi connectivity index (χ1n) is 14.5. The van der Waals surface area contributed by atoms with Gasteiger partial charge in [0.25, 0.3) is 5.91 Å². The molecule has 0 bridgehead atoms. The van der Waals surface area contributed by atoms with Crippen molar-refractivity contribution >= 4 is 30.2 Å². The molecule has 3 atom stereocenters. The van der Waals surface area contributed by atoms with Crippen LogP contribution in [0.2, 0.25) is 0 Å². The molecule has 1 fully saturated rings. The summed E-state index contributed by atoms with van der Waals surface area (Å²) in [6, 6.07) is 2.50. The van der Waals surface area contributed by atoms with Crippen molar-refractivity contribution in [2.75, 3.05) is 6.61 Å². The summed E-state index contributed by atoms with van der Waals surface area (Å²) in [5, 5.41) is 4.73. The van der Waals surface area contributed by atoms with Gasteiger partial charge in [0.05, 0.1) is 18.8 Å². The Kier molecular flexibility index (Phi) is 12.6. The molecule has 3 unspecified atom stereocenters. The number of aromatic nitrogens is 1. The van der Waals surface area contributed by atoms with Crippen LogP contribution in [0.5, 0.6) is 11.5 Å². The van der Waals surface area contributed by atoms with Crippen molar-refractivity contribution in [3.63, 3.8) is 0 Å². The second-order valence-corrected chi connectivity index (χ2v) is 11.1. The summed E-state index contributed by atoms with van der Waals surface area (Å²) in [5.41, 5.74) is 5.50. The molecule has 4 N–H and O–H groups in total. The zero-order valence-electron chi connectivity index (χ0n) is 25.9. The fraction of sp³-hybridized carbons (Fsp3) is 0.419. The molecule has 11 nitrogen and oxygen atoms in total. The van der Waals surface area contributed by atoms with Crippen molar-refractivity contribution in [2.24, 2.45) is 11.7 Å². The van der Waals surface area contributed by atoms with Crippen LogP contribution in [0.15, 0.2) is 40.8 Å². The maximum atomic E-state index is 14.9. The molecule has 256 valence electrons. The third-order valence-corrected chi connectivity index (χ3v) is 6.74. The summed E-state index contributed by atoms with van der Waals surface area (Å²) < 4.78 is 75.7. The highest BCUT2D eigenvalue weighted by molar-refractivity contribution is 5.98. The second kappa shape index (κ2) is 16.0. The van der Waals surface area contributed by atoms with E-state index in [2.05, 4.69) is 20.4 Å². The van der Waals surface area contributed by atoms with Crippen molar-refractivity contribution in [1.82, 2.24) is 15.6 Å². The number of hydrogen-bond acceptors (Lipinski definition) is 9. The largest absolute Gasteiger partial charge is 0.489 e. The highest BCUT2D eigenvalue weighted by atomic mass is 35.5. The standard InChI is InChI=1S/C31H34F4N4O7.ClH/c1-14(2)44-30(42)16(4)37-27(40)24(20-9-8-19(32)12-21(20)33)38-28(41)25-26(15(3)36)46-29(39-25)18-7-10-22(45-31(34)35)23(11-18)43-13-17-5-6-17;/h7-12,14-17,24,31H,5-6,13,36H2,1-4H3,(H,37,40)(H,38,41);1H. The van der Waals surface area contributed by atoms with E-state index in [0.29, 0.717) is 12.0 Å². The van der Waals surface area contributed by atoms with E-state index in [-0.39, 0.29) is 53.4 Å². The molecular formula is C31H35ClF4N4O7. The summed E-state index contributed by atoms with van der Waals surface area (Å²) >= 11 is 0. The van der Waals surface area contributed by atoms with Gasteiger partial charge in [-0.2, -0.15) is 8.78 Å². The van der Waals surface area contributed by atoms with Gasteiger partial charge in [0.1, 0.15) is 23.7 Å². The summed E-state index contributed by atoms with van der Waals surface area (Å²) in [6.45, 7) is 3.23. The Morgan fingerprint density at radius 1 is 1.02 bits per heavy atom. The molecule has 16 heteroatoms. The van der Waals surface area contributed by atoms with Gasteiger partial charge in [-0.15, -0.1) is 12.4 Å². The van der Waals surface area contributed by atoms with Crippen LogP contribution in [0.1, 0.15) is 74.4 Å². The van der Waals surface area contributed by atoms with Gasteiger partial charge in [-0.05, 0) is 70.7 Å². The Morgan fingerprint density at radius 2 is 1.72 bits per heavy atom. The van der Waals surface area contributed by atoms with Crippen LogP contribution in [0.3, 0.4) is 0 Å². The van der Waals surface area contributed by atoms with Crippen LogP contribution in [0.4, 0.5) is 17.6 Å². The van der Waals surface area contributed by atoms with E-state index in [0.717, 1.165) is 25.0 Å². The van der Waals surface area contributed by atoms with Crippen LogP contribution in [-0.4, -0.2) is 48.1 Å². The number of nitrogens with one attached hydrogen (secondary N) is 2. The molecule has 0 aliphatic heterocycles. The van der Waals surface area contributed by atoms with Gasteiger partial charge < -0.3 is 35.0 Å². The Balaban J connectivity index is 0.00000600. The van der Waals surface area contributed by atoms with E-state index < -0.39 is 65.8 Å². The second-order valence-electron chi connectivity index (χ2n) is 11.1. The van der Waals surface area contributed by atoms with E-state index in [9.17, 15) is 31.9 Å². The number of alkyl halides is 2. The van der Waals surface area contributed by atoms with E-state index in [4.69, 9.17) is 19.6 Å². The van der Waals surface area contributed by atoms with Crippen LogP contribution in [0.25, 0.3) is 11.5 Å². The molecule has 1 saturated carbocycles. The molecule has 0 saturated heterocycles. The normalized spacial score (nSPS) is 14.5. The highest BCUT2D eigenvalue weighted by Gasteiger charge is 2.32. The number of ether oxygens (including phenoxy) is 3. The first-order chi connectivity index (χ1) is 21.7. The average Bonchev–Trinajstić information content (AvgIpc) is 3.69. The summed E-state index contributed by atoms with van der Waals surface area (Å²) in [7, 11) is 0. The lowest BCUT2D eigenvalue weighted by Crippen LogP contribution is -2.47. The van der Waals surface area contributed by atoms with Crippen LogP contribution >= 0.6 is 12.4 Å². The van der Waals surface area contributed by atoms with Crippen molar-refractivity contribution in [2.45, 2.75) is 71.4 Å². The lowest BCUT2D eigenvalue weighted by atomic mass is 10.0. The highest BCUT2D eigenvalue weighted by Crippen LogP contribution is 2.37. The Bertz CT molecular complexity index is 1580. The maximum Gasteiger partial charge on any atom is 0.387 e. The number of carbonyl (C=O) groups is 3. The lowest BCUT2D eigenvalue weighted by molar-refractivity contribution is -0.151. The van der Waals surface area contributed by atoms with E-state index in [1.54, 1.807) is 13.8 Å². The third kappa shape index (κ3) is 9.81. The summed E-state index contributed by atoms with van der Waals surface area (Å²) in [5.74, 6) is -5.05. The number of carbonyl (C=O) groups excluding carboxylic acids is 3. The van der Waals surface area contributed by atoms with Crippen molar-refractivity contribution < 1.29 is 50.6 Å². The molecule has 1 aliphatic carbocycles. The van der Waals surface area contributed by atoms with Gasteiger partial charge in [-0.3, -0.25) is 9.59 Å². The van der Waals surface area contributed by atoms with Gasteiger partial charge in [0, 0.05) is 17.2 Å². The first-order valence-corrected chi connectivity index (χ1v) is 14.5. The van der Waals surface area contributed by atoms with E-state index >= 15 is 0 Å². The van der Waals surface area contributed by atoms with Crippen molar-refractivity contribution in [3.05, 3.63) is 65.1 Å². The topological polar surface area (TPSA) is 155 Å². The number of rotatable bonds is 14. The quantitative estimate of drug-likeness (QED) is 0.150. The Hall–Kier alpha value is -4.37. The maximum absolute atomic E-state index is 14.9. The predicted octanol–water partition coefficient (Wildman–Crippen LogP) is 5.38. The van der Waals surface area contributed by atoms with Gasteiger partial charge in [0.15, 0.2) is 23.0 Å². The van der Waals surface area contributed by atoms with Crippen LogP contribution in [0, 0.1) is 17.6 Å². The molecule has 3 aromatic rings.